The fourth-order valence-electron chi connectivity index (χ4n) is 4.80. The minimum atomic E-state index is -0.484. The topological polar surface area (TPSA) is 64.0 Å². The molecule has 0 atom stereocenters. The molecule has 5 nitrogen and oxygen atoms in total. The lowest BCUT2D eigenvalue weighted by molar-refractivity contribution is -0.118. The van der Waals surface area contributed by atoms with Crippen LogP contribution in [-0.2, 0) is 17.6 Å². The van der Waals surface area contributed by atoms with E-state index in [9.17, 15) is 14.0 Å². The van der Waals surface area contributed by atoms with Crippen LogP contribution in [-0.4, -0.2) is 27.8 Å². The lowest BCUT2D eigenvalue weighted by Crippen LogP contribution is -2.28. The predicted octanol–water partition coefficient (Wildman–Crippen LogP) is 5.56. The summed E-state index contributed by atoms with van der Waals surface area (Å²) in [5, 5.41) is 3.94. The Labute approximate surface area is 206 Å². The molecule has 0 saturated carbocycles. The summed E-state index contributed by atoms with van der Waals surface area (Å²) in [5.41, 5.74) is 2.41. The molecule has 2 aromatic heterocycles. The third-order valence-electron chi connectivity index (χ3n) is 6.54. The van der Waals surface area contributed by atoms with Crippen molar-refractivity contribution >= 4 is 39.2 Å². The van der Waals surface area contributed by atoms with Crippen LogP contribution >= 0.6 is 23.1 Å². The molecule has 0 unspecified atom stereocenters. The highest BCUT2D eigenvalue weighted by molar-refractivity contribution is 7.99. The Kier molecular flexibility index (Phi) is 7.15. The monoisotopic (exact) mass is 497 g/mol. The third-order valence-corrected chi connectivity index (χ3v) is 8.66. The molecule has 8 heteroatoms. The van der Waals surface area contributed by atoms with E-state index in [4.69, 9.17) is 4.98 Å². The van der Waals surface area contributed by atoms with Crippen LogP contribution in [0.15, 0.2) is 45.9 Å². The maximum absolute atomic E-state index is 14.8. The number of nitrogens with one attached hydrogen (secondary N) is 1. The number of amides is 1. The molecule has 178 valence electrons. The number of halogens is 1. The molecule has 1 amide bonds. The highest BCUT2D eigenvalue weighted by Crippen LogP contribution is 2.35. The van der Waals surface area contributed by atoms with Crippen molar-refractivity contribution in [3.8, 4) is 5.69 Å². The summed E-state index contributed by atoms with van der Waals surface area (Å²) in [5.74, 6) is -0.473. The van der Waals surface area contributed by atoms with Crippen LogP contribution in [0, 0.1) is 5.82 Å². The zero-order chi connectivity index (χ0) is 23.5. The highest BCUT2D eigenvalue weighted by Gasteiger charge is 2.24. The first kappa shape index (κ1) is 23.3. The van der Waals surface area contributed by atoms with Crippen molar-refractivity contribution in [2.75, 3.05) is 12.3 Å². The van der Waals surface area contributed by atoms with Crippen LogP contribution in [0.3, 0.4) is 0 Å². The van der Waals surface area contributed by atoms with Crippen molar-refractivity contribution < 1.29 is 9.18 Å². The number of rotatable bonds is 7. The molecule has 0 fully saturated rings. The highest BCUT2D eigenvalue weighted by atomic mass is 32.2. The Bertz CT molecular complexity index is 1310. The number of hydrogen-bond donors (Lipinski definition) is 1. The van der Waals surface area contributed by atoms with E-state index >= 15 is 0 Å². The second kappa shape index (κ2) is 10.4. The maximum Gasteiger partial charge on any atom is 0.267 e. The molecule has 2 aliphatic carbocycles. The molecule has 0 aliphatic heterocycles. The van der Waals surface area contributed by atoms with Crippen molar-refractivity contribution in [2.45, 2.75) is 62.9 Å². The van der Waals surface area contributed by atoms with E-state index in [1.807, 2.05) is 0 Å². The normalized spacial score (nSPS) is 15.7. The zero-order valence-electron chi connectivity index (χ0n) is 19.1. The Balaban J connectivity index is 1.41. The Hall–Kier alpha value is -2.45. The molecule has 1 aromatic carbocycles. The molecular weight excluding hydrogens is 469 g/mol. The number of hydrogen-bond acceptors (Lipinski definition) is 5. The smallest absolute Gasteiger partial charge is 0.267 e. The van der Waals surface area contributed by atoms with E-state index in [1.165, 1.54) is 45.7 Å². The number of benzene rings is 1. The van der Waals surface area contributed by atoms with Crippen LogP contribution in [0.1, 0.15) is 55.4 Å². The number of aromatic nitrogens is 2. The second-order valence-electron chi connectivity index (χ2n) is 8.87. The minimum Gasteiger partial charge on any atom is -0.355 e. The molecule has 0 bridgehead atoms. The van der Waals surface area contributed by atoms with Crippen LogP contribution in [0.5, 0.6) is 0 Å². The number of allylic oxidation sites excluding steroid dienone is 1. The molecular formula is C26H28FN3O2S2. The number of carbonyl (C=O) groups is 1. The first-order chi connectivity index (χ1) is 16.6. The number of thioether (sulfide) groups is 1. The molecule has 0 radical (unpaired) electrons. The average Bonchev–Trinajstić information content (AvgIpc) is 3.23. The lowest BCUT2D eigenvalue weighted by atomic mass is 9.97. The van der Waals surface area contributed by atoms with Gasteiger partial charge in [0, 0.05) is 11.4 Å². The van der Waals surface area contributed by atoms with Gasteiger partial charge in [-0.05, 0) is 75.5 Å². The number of nitrogens with zero attached hydrogens (tertiary/aromatic N) is 2. The minimum absolute atomic E-state index is 0.110. The summed E-state index contributed by atoms with van der Waals surface area (Å²) in [6.45, 7) is 0.607. The molecule has 0 saturated heterocycles. The van der Waals surface area contributed by atoms with E-state index in [0.29, 0.717) is 21.9 Å². The number of para-hydroxylation sites is 1. The molecule has 34 heavy (non-hydrogen) atoms. The van der Waals surface area contributed by atoms with Crippen LogP contribution in [0.4, 0.5) is 4.39 Å². The Morgan fingerprint density at radius 3 is 2.79 bits per heavy atom. The summed E-state index contributed by atoms with van der Waals surface area (Å²) >= 11 is 2.75. The number of carbonyl (C=O) groups excluding carboxylic acids is 1. The number of thiophene rings is 1. The zero-order valence-corrected chi connectivity index (χ0v) is 20.7. The van der Waals surface area contributed by atoms with Gasteiger partial charge in [0.05, 0.1) is 16.8 Å². The van der Waals surface area contributed by atoms with E-state index in [-0.39, 0.29) is 22.9 Å². The first-order valence-corrected chi connectivity index (χ1v) is 13.8. The summed E-state index contributed by atoms with van der Waals surface area (Å²) in [7, 11) is 0. The van der Waals surface area contributed by atoms with Crippen LogP contribution < -0.4 is 10.9 Å². The first-order valence-electron chi connectivity index (χ1n) is 12.0. The predicted molar refractivity (Wildman–Crippen MR) is 137 cm³/mol. The van der Waals surface area contributed by atoms with Gasteiger partial charge in [0.1, 0.15) is 10.6 Å². The van der Waals surface area contributed by atoms with E-state index in [0.717, 1.165) is 50.5 Å². The summed E-state index contributed by atoms with van der Waals surface area (Å²) < 4.78 is 16.1. The molecule has 2 heterocycles. The lowest BCUT2D eigenvalue weighted by Gasteiger charge is -2.14. The van der Waals surface area contributed by atoms with Crippen LogP contribution in [0.2, 0.25) is 0 Å². The van der Waals surface area contributed by atoms with E-state index in [2.05, 4.69) is 11.4 Å². The van der Waals surface area contributed by atoms with Gasteiger partial charge in [0.15, 0.2) is 5.16 Å². The quantitative estimate of drug-likeness (QED) is 0.264. The van der Waals surface area contributed by atoms with Crippen molar-refractivity contribution in [3.05, 3.63) is 62.5 Å². The summed E-state index contributed by atoms with van der Waals surface area (Å²) in [6.07, 6.45) is 11.9. The SMILES string of the molecule is O=C(CSc1nc2sc3c(c2c(=O)n1-c1ccccc1F)CCCC3)NCCC1=CCCCC1. The van der Waals surface area contributed by atoms with Gasteiger partial charge >= 0.3 is 0 Å². The standard InChI is InChI=1S/C26H28FN3O2S2/c27-19-11-5-6-12-20(19)30-25(32)23-18-10-4-7-13-21(18)34-24(23)29-26(30)33-16-22(31)28-15-14-17-8-2-1-3-9-17/h5-6,8,11-12H,1-4,7,9-10,13-16H2,(H,28,31). The van der Waals surface area contributed by atoms with Crippen molar-refractivity contribution in [3.63, 3.8) is 0 Å². The van der Waals surface area contributed by atoms with Gasteiger partial charge in [-0.15, -0.1) is 11.3 Å². The van der Waals surface area contributed by atoms with Gasteiger partial charge in [0.25, 0.3) is 5.56 Å². The molecule has 3 aromatic rings. The van der Waals surface area contributed by atoms with Gasteiger partial charge < -0.3 is 5.32 Å². The molecule has 0 spiro atoms. The van der Waals surface area contributed by atoms with Crippen LogP contribution in [0.25, 0.3) is 15.9 Å². The number of fused-ring (bicyclic) bond motifs is 3. The molecule has 1 N–H and O–H groups in total. The van der Waals surface area contributed by atoms with Gasteiger partial charge in [-0.25, -0.2) is 9.37 Å². The van der Waals surface area contributed by atoms with Gasteiger partial charge in [-0.2, -0.15) is 0 Å². The second-order valence-corrected chi connectivity index (χ2v) is 10.9. The largest absolute Gasteiger partial charge is 0.355 e. The average molecular weight is 498 g/mol. The molecule has 5 rings (SSSR count). The Morgan fingerprint density at radius 1 is 1.15 bits per heavy atom. The fraction of sp³-hybridized carbons (Fsp3) is 0.423. The molecule has 2 aliphatic rings. The van der Waals surface area contributed by atoms with E-state index in [1.54, 1.807) is 29.5 Å². The summed E-state index contributed by atoms with van der Waals surface area (Å²) in [6, 6.07) is 6.24. The van der Waals surface area contributed by atoms with E-state index < -0.39 is 5.82 Å². The number of aryl methyl sites for hydroxylation is 2. The van der Waals surface area contributed by atoms with Gasteiger partial charge in [-0.3, -0.25) is 14.2 Å². The van der Waals surface area contributed by atoms with Crippen molar-refractivity contribution in [2.24, 2.45) is 0 Å². The fourth-order valence-corrected chi connectivity index (χ4v) is 6.94. The van der Waals surface area contributed by atoms with Crippen molar-refractivity contribution in [1.29, 1.82) is 0 Å². The van der Waals surface area contributed by atoms with Crippen molar-refractivity contribution in [1.82, 2.24) is 14.9 Å². The third kappa shape index (κ3) is 4.84. The van der Waals surface area contributed by atoms with Gasteiger partial charge in [0.2, 0.25) is 5.91 Å². The van der Waals surface area contributed by atoms with Gasteiger partial charge in [-0.1, -0.05) is 35.5 Å². The summed E-state index contributed by atoms with van der Waals surface area (Å²) in [4.78, 5) is 32.9. The maximum atomic E-state index is 14.8. The Morgan fingerprint density at radius 2 is 1.97 bits per heavy atom.